The smallest absolute Gasteiger partial charge is 0.0713 e. The lowest BCUT2D eigenvalue weighted by Gasteiger charge is -2.02. The topological polar surface area (TPSA) is 21.3 Å². The highest BCUT2D eigenvalue weighted by atomic mass is 32.1. The van der Waals surface area contributed by atoms with Gasteiger partial charge in [-0.2, -0.15) is 0 Å². The number of nitrogens with one attached hydrogen (secondary N) is 1. The lowest BCUT2D eigenvalue weighted by Crippen LogP contribution is -2.02. The first kappa shape index (κ1) is 12.3. The van der Waals surface area contributed by atoms with E-state index in [0.29, 0.717) is 6.61 Å². The Labute approximate surface area is 106 Å². The molecule has 0 aliphatic heterocycles. The van der Waals surface area contributed by atoms with Crippen molar-refractivity contribution in [1.29, 1.82) is 0 Å². The van der Waals surface area contributed by atoms with Crippen LogP contribution in [0.5, 0.6) is 0 Å². The highest BCUT2D eigenvalue weighted by Gasteiger charge is 2.03. The maximum atomic E-state index is 5.16. The molecule has 17 heavy (non-hydrogen) atoms. The van der Waals surface area contributed by atoms with Crippen molar-refractivity contribution in [3.05, 3.63) is 46.8 Å². The van der Waals surface area contributed by atoms with E-state index in [4.69, 9.17) is 4.74 Å². The van der Waals surface area contributed by atoms with Crippen molar-refractivity contribution in [2.75, 3.05) is 14.2 Å². The second-order valence-electron chi connectivity index (χ2n) is 3.93. The summed E-state index contributed by atoms with van der Waals surface area (Å²) in [6.45, 7) is 1.60. The van der Waals surface area contributed by atoms with Gasteiger partial charge in [0.2, 0.25) is 0 Å². The average Bonchev–Trinajstić information content (AvgIpc) is 2.79. The monoisotopic (exact) mass is 247 g/mol. The van der Waals surface area contributed by atoms with Gasteiger partial charge in [0.25, 0.3) is 0 Å². The molecule has 0 aliphatic carbocycles. The fraction of sp³-hybridized carbons (Fsp3) is 0.286. The molecule has 1 N–H and O–H groups in total. The number of benzene rings is 1. The number of hydrogen-bond acceptors (Lipinski definition) is 3. The van der Waals surface area contributed by atoms with Gasteiger partial charge in [0.1, 0.15) is 0 Å². The van der Waals surface area contributed by atoms with Gasteiger partial charge in [-0.05, 0) is 36.4 Å². The van der Waals surface area contributed by atoms with E-state index in [0.717, 1.165) is 6.54 Å². The summed E-state index contributed by atoms with van der Waals surface area (Å²) in [5, 5.41) is 3.17. The van der Waals surface area contributed by atoms with E-state index >= 15 is 0 Å². The van der Waals surface area contributed by atoms with E-state index in [-0.39, 0.29) is 0 Å². The fourth-order valence-electron chi connectivity index (χ4n) is 1.78. The molecule has 0 fully saturated rings. The second-order valence-corrected chi connectivity index (χ2v) is 5.10. The first-order chi connectivity index (χ1) is 8.33. The van der Waals surface area contributed by atoms with Crippen LogP contribution in [0.4, 0.5) is 0 Å². The standard InChI is InChI=1S/C14H17NOS/c1-15-9-13-6-7-14(17-13)12-5-3-4-11(8-12)10-16-2/h3-8,15H,9-10H2,1-2H3. The molecule has 1 heterocycles. The summed E-state index contributed by atoms with van der Waals surface area (Å²) >= 11 is 1.83. The molecule has 90 valence electrons. The van der Waals surface area contributed by atoms with Crippen molar-refractivity contribution in [3.8, 4) is 10.4 Å². The fourth-order valence-corrected chi connectivity index (χ4v) is 2.80. The van der Waals surface area contributed by atoms with Gasteiger partial charge in [-0.3, -0.25) is 0 Å². The summed E-state index contributed by atoms with van der Waals surface area (Å²) in [6, 6.07) is 12.9. The van der Waals surface area contributed by atoms with Crippen LogP contribution in [-0.4, -0.2) is 14.2 Å². The average molecular weight is 247 g/mol. The predicted molar refractivity (Wildman–Crippen MR) is 73.2 cm³/mol. The zero-order valence-corrected chi connectivity index (χ0v) is 11.0. The Morgan fingerprint density at radius 1 is 1.24 bits per heavy atom. The van der Waals surface area contributed by atoms with Crippen molar-refractivity contribution in [2.24, 2.45) is 0 Å². The Bertz CT molecular complexity index is 479. The molecule has 2 aromatic rings. The Morgan fingerprint density at radius 2 is 2.12 bits per heavy atom. The Hall–Kier alpha value is -1.16. The van der Waals surface area contributed by atoms with Crippen LogP contribution in [0.15, 0.2) is 36.4 Å². The molecule has 3 heteroatoms. The molecular weight excluding hydrogens is 230 g/mol. The van der Waals surface area contributed by atoms with Gasteiger partial charge >= 0.3 is 0 Å². The predicted octanol–water partition coefficient (Wildman–Crippen LogP) is 3.28. The molecule has 0 amide bonds. The van der Waals surface area contributed by atoms with Gasteiger partial charge in [0, 0.05) is 23.4 Å². The maximum absolute atomic E-state index is 5.16. The van der Waals surface area contributed by atoms with Gasteiger partial charge < -0.3 is 10.1 Å². The third kappa shape index (κ3) is 3.16. The van der Waals surface area contributed by atoms with Crippen LogP contribution in [0.1, 0.15) is 10.4 Å². The van der Waals surface area contributed by atoms with Crippen LogP contribution in [0.3, 0.4) is 0 Å². The van der Waals surface area contributed by atoms with Crippen molar-refractivity contribution in [2.45, 2.75) is 13.2 Å². The minimum absolute atomic E-state index is 0.669. The van der Waals surface area contributed by atoms with Crippen molar-refractivity contribution < 1.29 is 4.74 Å². The van der Waals surface area contributed by atoms with E-state index in [1.807, 2.05) is 18.4 Å². The largest absolute Gasteiger partial charge is 0.380 e. The van der Waals surface area contributed by atoms with Gasteiger partial charge in [-0.15, -0.1) is 11.3 Å². The lowest BCUT2D eigenvalue weighted by atomic mass is 10.1. The highest BCUT2D eigenvalue weighted by molar-refractivity contribution is 7.15. The Balaban J connectivity index is 2.22. The normalized spacial score (nSPS) is 10.7. The van der Waals surface area contributed by atoms with Crippen molar-refractivity contribution in [3.63, 3.8) is 0 Å². The third-order valence-electron chi connectivity index (χ3n) is 2.54. The molecule has 2 rings (SSSR count). The summed E-state index contributed by atoms with van der Waals surface area (Å²) in [4.78, 5) is 2.67. The molecule has 1 aromatic heterocycles. The number of ether oxygens (including phenoxy) is 1. The SMILES string of the molecule is CNCc1ccc(-c2cccc(COC)c2)s1. The molecule has 0 atom stereocenters. The summed E-state index contributed by atoms with van der Waals surface area (Å²) in [7, 11) is 3.70. The molecule has 0 bridgehead atoms. The zero-order chi connectivity index (χ0) is 12.1. The Kier molecular flexibility index (Phi) is 4.31. The molecule has 0 aliphatic rings. The van der Waals surface area contributed by atoms with Crippen molar-refractivity contribution in [1.82, 2.24) is 5.32 Å². The van der Waals surface area contributed by atoms with Crippen LogP contribution >= 0.6 is 11.3 Å². The Morgan fingerprint density at radius 3 is 2.88 bits per heavy atom. The molecule has 0 spiro atoms. The second kappa shape index (κ2) is 5.96. The van der Waals surface area contributed by atoms with Crippen LogP contribution in [0, 0.1) is 0 Å². The lowest BCUT2D eigenvalue weighted by molar-refractivity contribution is 0.185. The molecule has 1 aromatic carbocycles. The van der Waals surface area contributed by atoms with E-state index in [2.05, 4.69) is 41.7 Å². The molecule has 0 saturated carbocycles. The van der Waals surface area contributed by atoms with E-state index < -0.39 is 0 Å². The first-order valence-electron chi connectivity index (χ1n) is 5.65. The molecule has 0 radical (unpaired) electrons. The van der Waals surface area contributed by atoms with Crippen LogP contribution in [0.2, 0.25) is 0 Å². The maximum Gasteiger partial charge on any atom is 0.0713 e. The van der Waals surface area contributed by atoms with Crippen molar-refractivity contribution >= 4 is 11.3 Å². The zero-order valence-electron chi connectivity index (χ0n) is 10.2. The van der Waals surface area contributed by atoms with Crippen LogP contribution in [0.25, 0.3) is 10.4 Å². The summed E-state index contributed by atoms with van der Waals surface area (Å²) in [5.74, 6) is 0. The molecular formula is C14H17NOS. The minimum atomic E-state index is 0.669. The van der Waals surface area contributed by atoms with E-state index in [1.165, 1.54) is 20.9 Å². The molecule has 2 nitrogen and oxygen atoms in total. The van der Waals surface area contributed by atoms with E-state index in [9.17, 15) is 0 Å². The number of rotatable bonds is 5. The van der Waals surface area contributed by atoms with Gasteiger partial charge in [-0.1, -0.05) is 18.2 Å². The van der Waals surface area contributed by atoms with Crippen LogP contribution < -0.4 is 5.32 Å². The number of methoxy groups -OCH3 is 1. The first-order valence-corrected chi connectivity index (χ1v) is 6.46. The van der Waals surface area contributed by atoms with Gasteiger partial charge in [0.15, 0.2) is 0 Å². The summed E-state index contributed by atoms with van der Waals surface area (Å²) in [5.41, 5.74) is 2.49. The quantitative estimate of drug-likeness (QED) is 0.875. The minimum Gasteiger partial charge on any atom is -0.380 e. The summed E-state index contributed by atoms with van der Waals surface area (Å²) in [6.07, 6.45) is 0. The molecule has 0 unspecified atom stereocenters. The van der Waals surface area contributed by atoms with Gasteiger partial charge in [0.05, 0.1) is 6.61 Å². The van der Waals surface area contributed by atoms with Gasteiger partial charge in [-0.25, -0.2) is 0 Å². The summed E-state index contributed by atoms with van der Waals surface area (Å²) < 4.78 is 5.16. The number of thiophene rings is 1. The third-order valence-corrected chi connectivity index (χ3v) is 3.67. The number of hydrogen-bond donors (Lipinski definition) is 1. The van der Waals surface area contributed by atoms with Crippen LogP contribution in [-0.2, 0) is 17.9 Å². The highest BCUT2D eigenvalue weighted by Crippen LogP contribution is 2.28. The molecule has 0 saturated heterocycles. The van der Waals surface area contributed by atoms with E-state index in [1.54, 1.807) is 7.11 Å².